The highest BCUT2D eigenvalue weighted by molar-refractivity contribution is 6.31. The molecule has 1 heterocycles. The number of carbonyl (C=O) groups is 1. The summed E-state index contributed by atoms with van der Waals surface area (Å²) in [6.45, 7) is 0. The van der Waals surface area contributed by atoms with E-state index in [1.165, 1.54) is 41.4 Å². The maximum atomic E-state index is 12.8. The van der Waals surface area contributed by atoms with Crippen LogP contribution in [-0.4, -0.2) is 17.9 Å². The molecule has 0 saturated carbocycles. The second-order valence-electron chi connectivity index (χ2n) is 3.70. The molecule has 0 radical (unpaired) electrons. The van der Waals surface area contributed by atoms with Gasteiger partial charge in [-0.25, -0.2) is 4.39 Å². The first-order chi connectivity index (χ1) is 8.58. The Balaban J connectivity index is 2.26. The molecule has 2 rings (SSSR count). The molecule has 0 aliphatic heterocycles. The lowest BCUT2D eigenvalue weighted by Gasteiger charge is -2.16. The number of benzene rings is 1. The number of carbonyl (C=O) groups excluding carboxylic acids is 1. The van der Waals surface area contributed by atoms with Gasteiger partial charge in [0.15, 0.2) is 0 Å². The molecule has 2 aromatic rings. The van der Waals surface area contributed by atoms with Crippen LogP contribution in [0.1, 0.15) is 10.5 Å². The quantitative estimate of drug-likeness (QED) is 0.835. The highest BCUT2D eigenvalue weighted by atomic mass is 35.5. The van der Waals surface area contributed by atoms with Crippen molar-refractivity contribution in [1.29, 1.82) is 0 Å². The third-order valence-electron chi connectivity index (χ3n) is 2.46. The van der Waals surface area contributed by atoms with E-state index in [4.69, 9.17) is 11.6 Å². The first kappa shape index (κ1) is 12.5. The van der Waals surface area contributed by atoms with Gasteiger partial charge in [0.25, 0.3) is 5.91 Å². The molecular weight excluding hydrogens is 255 g/mol. The molecule has 18 heavy (non-hydrogen) atoms. The van der Waals surface area contributed by atoms with Crippen molar-refractivity contribution in [3.63, 3.8) is 0 Å². The molecule has 0 fully saturated rings. The van der Waals surface area contributed by atoms with Crippen molar-refractivity contribution >= 4 is 23.2 Å². The van der Waals surface area contributed by atoms with Crippen molar-refractivity contribution < 1.29 is 9.18 Å². The Morgan fingerprint density at radius 2 is 1.94 bits per heavy atom. The molecule has 0 spiro atoms. The number of anilines is 1. The minimum Gasteiger partial charge on any atom is -0.310 e. The van der Waals surface area contributed by atoms with Crippen LogP contribution in [0.3, 0.4) is 0 Å². The van der Waals surface area contributed by atoms with Gasteiger partial charge >= 0.3 is 0 Å². The molecule has 0 unspecified atom stereocenters. The van der Waals surface area contributed by atoms with Crippen LogP contribution in [0.5, 0.6) is 0 Å². The summed E-state index contributed by atoms with van der Waals surface area (Å²) >= 11 is 5.80. The van der Waals surface area contributed by atoms with Crippen LogP contribution < -0.4 is 4.90 Å². The minimum atomic E-state index is -0.347. The monoisotopic (exact) mass is 264 g/mol. The molecule has 3 nitrogen and oxygen atoms in total. The van der Waals surface area contributed by atoms with Gasteiger partial charge < -0.3 is 4.90 Å². The fraction of sp³-hybridized carbons (Fsp3) is 0.0769. The standard InChI is InChI=1S/C13H10ClFN2O/c1-17(11-4-2-10(15)3-5-11)13(18)12-8-9(14)6-7-16-12/h2-8H,1H3. The van der Waals surface area contributed by atoms with Gasteiger partial charge in [0, 0.05) is 24.0 Å². The Hall–Kier alpha value is -1.94. The summed E-state index contributed by atoms with van der Waals surface area (Å²) in [5.74, 6) is -0.649. The van der Waals surface area contributed by atoms with Crippen LogP contribution in [0.2, 0.25) is 5.02 Å². The lowest BCUT2D eigenvalue weighted by atomic mass is 10.2. The first-order valence-corrected chi connectivity index (χ1v) is 5.61. The van der Waals surface area contributed by atoms with E-state index in [2.05, 4.69) is 4.98 Å². The van der Waals surface area contributed by atoms with Crippen molar-refractivity contribution in [2.45, 2.75) is 0 Å². The van der Waals surface area contributed by atoms with E-state index in [9.17, 15) is 9.18 Å². The van der Waals surface area contributed by atoms with E-state index in [-0.39, 0.29) is 17.4 Å². The molecule has 0 aliphatic rings. The van der Waals surface area contributed by atoms with Gasteiger partial charge in [-0.05, 0) is 36.4 Å². The van der Waals surface area contributed by atoms with E-state index < -0.39 is 0 Å². The number of halogens is 2. The molecule has 0 atom stereocenters. The molecular formula is C13H10ClFN2O. The Kier molecular flexibility index (Phi) is 3.58. The Morgan fingerprint density at radius 1 is 1.28 bits per heavy atom. The SMILES string of the molecule is CN(C(=O)c1cc(Cl)ccn1)c1ccc(F)cc1. The maximum absolute atomic E-state index is 12.8. The zero-order valence-electron chi connectivity index (χ0n) is 9.60. The van der Waals surface area contributed by atoms with Crippen molar-refractivity contribution in [3.8, 4) is 0 Å². The molecule has 0 N–H and O–H groups in total. The van der Waals surface area contributed by atoms with Gasteiger partial charge in [-0.3, -0.25) is 9.78 Å². The number of pyridine rings is 1. The molecule has 5 heteroatoms. The van der Waals surface area contributed by atoms with Crippen molar-refractivity contribution in [1.82, 2.24) is 4.98 Å². The lowest BCUT2D eigenvalue weighted by molar-refractivity contribution is 0.0988. The fourth-order valence-electron chi connectivity index (χ4n) is 1.48. The molecule has 0 saturated heterocycles. The summed E-state index contributed by atoms with van der Waals surface area (Å²) in [5, 5.41) is 0.445. The van der Waals surface area contributed by atoms with Crippen molar-refractivity contribution in [2.24, 2.45) is 0 Å². The van der Waals surface area contributed by atoms with Crippen LogP contribution in [0, 0.1) is 5.82 Å². The van der Waals surface area contributed by atoms with E-state index in [0.717, 1.165) is 0 Å². The van der Waals surface area contributed by atoms with Crippen LogP contribution in [0.4, 0.5) is 10.1 Å². The molecule has 1 amide bonds. The predicted molar refractivity (Wildman–Crippen MR) is 68.4 cm³/mol. The summed E-state index contributed by atoms with van der Waals surface area (Å²) in [5.41, 5.74) is 0.831. The summed E-state index contributed by atoms with van der Waals surface area (Å²) in [7, 11) is 1.60. The van der Waals surface area contributed by atoms with Gasteiger partial charge in [-0.15, -0.1) is 0 Å². The number of amides is 1. The summed E-state index contributed by atoms with van der Waals surface area (Å²) in [6.07, 6.45) is 1.47. The van der Waals surface area contributed by atoms with Crippen LogP contribution in [0.25, 0.3) is 0 Å². The molecule has 0 bridgehead atoms. The molecule has 1 aromatic heterocycles. The zero-order valence-corrected chi connectivity index (χ0v) is 10.4. The van der Waals surface area contributed by atoms with Gasteiger partial charge in [0.2, 0.25) is 0 Å². The second kappa shape index (κ2) is 5.14. The van der Waals surface area contributed by atoms with Crippen LogP contribution in [0.15, 0.2) is 42.6 Å². The number of hydrogen-bond donors (Lipinski definition) is 0. The normalized spacial score (nSPS) is 10.2. The summed E-state index contributed by atoms with van der Waals surface area (Å²) < 4.78 is 12.8. The average molecular weight is 265 g/mol. The maximum Gasteiger partial charge on any atom is 0.276 e. The predicted octanol–water partition coefficient (Wildman–Crippen LogP) is 3.15. The Morgan fingerprint density at radius 3 is 2.56 bits per heavy atom. The highest BCUT2D eigenvalue weighted by Gasteiger charge is 2.14. The fourth-order valence-corrected chi connectivity index (χ4v) is 1.64. The Labute approximate surface area is 109 Å². The van der Waals surface area contributed by atoms with Crippen molar-refractivity contribution in [2.75, 3.05) is 11.9 Å². The molecule has 1 aromatic carbocycles. The lowest BCUT2D eigenvalue weighted by Crippen LogP contribution is -2.26. The summed E-state index contributed by atoms with van der Waals surface area (Å²) in [6, 6.07) is 8.73. The van der Waals surface area contributed by atoms with Gasteiger partial charge in [0.05, 0.1) is 0 Å². The van der Waals surface area contributed by atoms with E-state index >= 15 is 0 Å². The highest BCUT2D eigenvalue weighted by Crippen LogP contribution is 2.16. The van der Waals surface area contributed by atoms with Gasteiger partial charge in [0.1, 0.15) is 11.5 Å². The average Bonchev–Trinajstić information content (AvgIpc) is 2.38. The zero-order chi connectivity index (χ0) is 13.1. The first-order valence-electron chi connectivity index (χ1n) is 5.23. The third-order valence-corrected chi connectivity index (χ3v) is 2.69. The number of nitrogens with zero attached hydrogens (tertiary/aromatic N) is 2. The minimum absolute atomic E-state index is 0.245. The number of rotatable bonds is 2. The van der Waals surface area contributed by atoms with E-state index in [0.29, 0.717) is 10.7 Å². The van der Waals surface area contributed by atoms with Crippen LogP contribution >= 0.6 is 11.6 Å². The smallest absolute Gasteiger partial charge is 0.276 e. The summed E-state index contributed by atoms with van der Waals surface area (Å²) in [4.78, 5) is 17.4. The topological polar surface area (TPSA) is 33.2 Å². The molecule has 92 valence electrons. The van der Waals surface area contributed by atoms with Crippen molar-refractivity contribution in [3.05, 3.63) is 59.1 Å². The Bertz CT molecular complexity index is 571. The number of hydrogen-bond acceptors (Lipinski definition) is 2. The number of aromatic nitrogens is 1. The van der Waals surface area contributed by atoms with E-state index in [1.54, 1.807) is 13.1 Å². The van der Waals surface area contributed by atoms with Gasteiger partial charge in [-0.1, -0.05) is 11.6 Å². The van der Waals surface area contributed by atoms with Crippen LogP contribution in [-0.2, 0) is 0 Å². The third kappa shape index (κ3) is 2.65. The van der Waals surface area contributed by atoms with E-state index in [1.807, 2.05) is 0 Å². The second-order valence-corrected chi connectivity index (χ2v) is 4.14. The van der Waals surface area contributed by atoms with Gasteiger partial charge in [-0.2, -0.15) is 0 Å². The largest absolute Gasteiger partial charge is 0.310 e. The molecule has 0 aliphatic carbocycles.